The molecule has 1 saturated heterocycles. The lowest BCUT2D eigenvalue weighted by Crippen LogP contribution is -2.63. The fraction of sp³-hybridized carbons (Fsp3) is 0.294. The summed E-state index contributed by atoms with van der Waals surface area (Å²) < 4.78 is 7.30. The Morgan fingerprint density at radius 3 is 2.54 bits per heavy atom. The third-order valence-corrected chi connectivity index (χ3v) is 5.48. The van der Waals surface area contributed by atoms with Gasteiger partial charge in [0, 0.05) is 34.6 Å². The number of amidine groups is 1. The molecule has 3 amide bonds. The smallest absolute Gasteiger partial charge is 0.389 e. The quantitative estimate of drug-likeness (QED) is 0.735. The van der Waals surface area contributed by atoms with Gasteiger partial charge < -0.3 is 4.42 Å². The van der Waals surface area contributed by atoms with Gasteiger partial charge in [-0.25, -0.2) is 4.79 Å². The summed E-state index contributed by atoms with van der Waals surface area (Å²) in [5.41, 5.74) is 1.31. The largest absolute Gasteiger partial charge is 0.507 e. The lowest BCUT2D eigenvalue weighted by atomic mass is 10.1. The third-order valence-electron chi connectivity index (χ3n) is 4.77. The first kappa shape index (κ1) is 17.1. The monoisotopic (exact) mass is 393 g/mol. The number of hydrogen-bond donors (Lipinski definition) is 0. The normalized spacial score (nSPS) is 19.0. The number of imide groups is 1. The molecule has 3 heterocycles. The molecular formula is C17H15Cl2N4O3+. The molecule has 0 spiro atoms. The third kappa shape index (κ3) is 2.27. The van der Waals surface area contributed by atoms with Crippen LogP contribution in [0.1, 0.15) is 23.1 Å². The van der Waals surface area contributed by atoms with E-state index in [1.807, 2.05) is 6.92 Å². The Labute approximate surface area is 159 Å². The van der Waals surface area contributed by atoms with Crippen LogP contribution in [-0.4, -0.2) is 34.6 Å². The molecule has 2 aromatic rings. The van der Waals surface area contributed by atoms with E-state index in [-0.39, 0.29) is 6.54 Å². The first-order valence-electron chi connectivity index (χ1n) is 7.93. The van der Waals surface area contributed by atoms with E-state index in [2.05, 4.69) is 4.99 Å². The second kappa shape index (κ2) is 5.82. The molecule has 1 unspecified atom stereocenters. The second-order valence-electron chi connectivity index (χ2n) is 6.23. The lowest BCUT2D eigenvalue weighted by molar-refractivity contribution is -0.685. The summed E-state index contributed by atoms with van der Waals surface area (Å²) in [6, 6.07) is 4.13. The summed E-state index contributed by atoms with van der Waals surface area (Å²) >= 11 is 12.4. The van der Waals surface area contributed by atoms with Crippen molar-refractivity contribution in [3.05, 3.63) is 45.3 Å². The van der Waals surface area contributed by atoms with Gasteiger partial charge in [0.2, 0.25) is 0 Å². The van der Waals surface area contributed by atoms with Crippen molar-refractivity contribution >= 4 is 47.0 Å². The van der Waals surface area contributed by atoms with E-state index in [1.54, 1.807) is 36.7 Å². The van der Waals surface area contributed by atoms with Crippen LogP contribution < -0.4 is 4.57 Å². The van der Waals surface area contributed by atoms with E-state index in [9.17, 15) is 9.59 Å². The molecule has 0 saturated carbocycles. The highest BCUT2D eigenvalue weighted by molar-refractivity contribution is 6.36. The zero-order chi connectivity index (χ0) is 18.7. The molecule has 0 N–H and O–H groups in total. The van der Waals surface area contributed by atoms with Gasteiger partial charge in [-0.15, -0.1) is 0 Å². The van der Waals surface area contributed by atoms with Gasteiger partial charge in [-0.05, 0) is 19.1 Å². The van der Waals surface area contributed by atoms with Gasteiger partial charge in [0.15, 0.2) is 5.76 Å². The van der Waals surface area contributed by atoms with Crippen LogP contribution in [0.4, 0.5) is 10.8 Å². The Balaban J connectivity index is 1.77. The maximum atomic E-state index is 13.2. The molecule has 1 aromatic carbocycles. The van der Waals surface area contributed by atoms with E-state index >= 15 is 0 Å². The number of aliphatic imine (C=N–C) groups is 1. The van der Waals surface area contributed by atoms with Crippen molar-refractivity contribution in [3.8, 4) is 0 Å². The summed E-state index contributed by atoms with van der Waals surface area (Å²) in [4.78, 5) is 32.7. The summed E-state index contributed by atoms with van der Waals surface area (Å²) in [6.45, 7) is 3.63. The molecule has 1 aromatic heterocycles. The molecule has 2 aliphatic rings. The van der Waals surface area contributed by atoms with Crippen molar-refractivity contribution < 1.29 is 18.6 Å². The Bertz CT molecular complexity index is 978. The van der Waals surface area contributed by atoms with Gasteiger partial charge in [0.1, 0.15) is 5.69 Å². The Kier molecular flexibility index (Phi) is 3.82. The van der Waals surface area contributed by atoms with E-state index in [4.69, 9.17) is 27.6 Å². The molecule has 9 heteroatoms. The fourth-order valence-electron chi connectivity index (χ4n) is 3.22. The van der Waals surface area contributed by atoms with E-state index in [1.165, 1.54) is 4.90 Å². The summed E-state index contributed by atoms with van der Waals surface area (Å²) in [7, 11) is 1.58. The number of aromatic nitrogens is 1. The van der Waals surface area contributed by atoms with Gasteiger partial charge in [-0.1, -0.05) is 29.3 Å². The van der Waals surface area contributed by atoms with Gasteiger partial charge in [0.25, 0.3) is 17.8 Å². The number of aryl methyl sites for hydroxylation is 1. The van der Waals surface area contributed by atoms with Crippen LogP contribution >= 0.6 is 23.2 Å². The van der Waals surface area contributed by atoms with Crippen molar-refractivity contribution in [2.45, 2.75) is 26.4 Å². The van der Waals surface area contributed by atoms with Crippen LogP contribution in [0, 0.1) is 13.8 Å². The van der Waals surface area contributed by atoms with Crippen molar-refractivity contribution in [2.24, 2.45) is 4.99 Å². The predicted molar refractivity (Wildman–Crippen MR) is 94.7 cm³/mol. The zero-order valence-corrected chi connectivity index (χ0v) is 15.8. The van der Waals surface area contributed by atoms with Crippen molar-refractivity contribution in [1.82, 2.24) is 9.80 Å². The number of carbonyl (C=O) groups excluding carboxylic acids is 2. The van der Waals surface area contributed by atoms with Crippen LogP contribution in [-0.2, 0) is 11.3 Å². The Hall–Kier alpha value is -2.38. The minimum atomic E-state index is -0.744. The number of oxazole rings is 1. The van der Waals surface area contributed by atoms with Crippen molar-refractivity contribution in [1.29, 1.82) is 0 Å². The molecule has 0 bridgehead atoms. The van der Waals surface area contributed by atoms with Crippen molar-refractivity contribution in [2.75, 3.05) is 7.05 Å². The number of carbonyl (C=O) groups is 2. The highest BCUT2D eigenvalue weighted by Gasteiger charge is 2.56. The summed E-state index contributed by atoms with van der Waals surface area (Å²) in [6.07, 6.45) is 0. The highest BCUT2D eigenvalue weighted by Crippen LogP contribution is 2.33. The first-order valence-corrected chi connectivity index (χ1v) is 8.69. The number of fused-ring (bicyclic) bond motifs is 3. The predicted octanol–water partition coefficient (Wildman–Crippen LogP) is 3.17. The number of urea groups is 1. The summed E-state index contributed by atoms with van der Waals surface area (Å²) in [5, 5.41) is 0.797. The zero-order valence-electron chi connectivity index (χ0n) is 14.3. The topological polar surface area (TPSA) is 70.0 Å². The Morgan fingerprint density at radius 2 is 1.88 bits per heavy atom. The van der Waals surface area contributed by atoms with Gasteiger partial charge in [-0.2, -0.15) is 4.57 Å². The lowest BCUT2D eigenvalue weighted by Gasteiger charge is -2.32. The SMILES string of the molecule is Cc1oc2[n+](c1C)C1C(=O)N(Cc3c(Cl)cccc3Cl)C(=O)N(C)C1=N2. The molecule has 4 rings (SSSR count). The van der Waals surface area contributed by atoms with Crippen LogP contribution in [0.5, 0.6) is 0 Å². The number of likely N-dealkylation sites (N-methyl/N-ethyl adjacent to an activating group) is 1. The molecule has 0 radical (unpaired) electrons. The fourth-order valence-corrected chi connectivity index (χ4v) is 3.73. The minimum absolute atomic E-state index is 0.0178. The number of benzene rings is 1. The van der Waals surface area contributed by atoms with Crippen LogP contribution in [0.15, 0.2) is 27.6 Å². The number of amides is 3. The van der Waals surface area contributed by atoms with Crippen molar-refractivity contribution in [3.63, 3.8) is 0 Å². The molecule has 7 nitrogen and oxygen atoms in total. The van der Waals surface area contributed by atoms with Gasteiger partial charge >= 0.3 is 12.0 Å². The standard InChI is InChI=1S/C17H15Cl2N4O3/c1-8-9(2)26-16-20-14-13(23(8)16)15(24)22(17(25)21(14)3)7-10-11(18)5-4-6-12(10)19/h4-6,13H,7H2,1-3H3/q+1. The van der Waals surface area contributed by atoms with Gasteiger partial charge in [-0.3, -0.25) is 14.6 Å². The second-order valence-corrected chi connectivity index (χ2v) is 7.05. The van der Waals surface area contributed by atoms with E-state index < -0.39 is 18.0 Å². The van der Waals surface area contributed by atoms with E-state index in [0.29, 0.717) is 33.2 Å². The number of hydrogen-bond acceptors (Lipinski definition) is 4. The van der Waals surface area contributed by atoms with Crippen LogP contribution in [0.25, 0.3) is 0 Å². The summed E-state index contributed by atoms with van der Waals surface area (Å²) in [5.74, 6) is 0.634. The average molecular weight is 394 g/mol. The number of nitrogens with zero attached hydrogens (tertiary/aromatic N) is 4. The van der Waals surface area contributed by atoms with Gasteiger partial charge in [0.05, 0.1) is 6.54 Å². The first-order chi connectivity index (χ1) is 12.3. The van der Waals surface area contributed by atoms with Crippen LogP contribution in [0.2, 0.25) is 10.0 Å². The molecule has 0 aliphatic carbocycles. The molecule has 1 fully saturated rings. The average Bonchev–Trinajstić information content (AvgIpc) is 3.09. The number of halogens is 2. The molecule has 134 valence electrons. The molecule has 2 aliphatic heterocycles. The minimum Gasteiger partial charge on any atom is -0.389 e. The van der Waals surface area contributed by atoms with E-state index in [0.717, 1.165) is 10.6 Å². The number of rotatable bonds is 2. The molecule has 26 heavy (non-hydrogen) atoms. The highest BCUT2D eigenvalue weighted by atomic mass is 35.5. The molecular weight excluding hydrogens is 379 g/mol. The maximum Gasteiger partial charge on any atom is 0.507 e. The Morgan fingerprint density at radius 1 is 1.23 bits per heavy atom. The van der Waals surface area contributed by atoms with Crippen LogP contribution in [0.3, 0.4) is 0 Å². The molecule has 1 atom stereocenters. The maximum absolute atomic E-state index is 13.2.